The molecule has 0 aromatic heterocycles. The summed E-state index contributed by atoms with van der Waals surface area (Å²) in [4.78, 5) is 11.1. The van der Waals surface area contributed by atoms with Crippen LogP contribution in [-0.2, 0) is 9.53 Å². The third-order valence-electron chi connectivity index (χ3n) is 2.11. The van der Waals surface area contributed by atoms with E-state index < -0.39 is 0 Å². The van der Waals surface area contributed by atoms with E-state index in [1.165, 1.54) is 0 Å². The first-order chi connectivity index (χ1) is 4.74. The van der Waals surface area contributed by atoms with Gasteiger partial charge in [0.1, 0.15) is 6.10 Å². The van der Waals surface area contributed by atoms with Crippen molar-refractivity contribution in [3.05, 3.63) is 0 Å². The number of methoxy groups -OCH3 is 1. The van der Waals surface area contributed by atoms with E-state index >= 15 is 0 Å². The largest absolute Gasteiger partial charge is 0.374 e. The third-order valence-corrected chi connectivity index (χ3v) is 2.11. The highest BCUT2D eigenvalue weighted by Crippen LogP contribution is 2.22. The molecule has 2 nitrogen and oxygen atoms in total. The van der Waals surface area contributed by atoms with Gasteiger partial charge < -0.3 is 4.74 Å². The van der Waals surface area contributed by atoms with Crippen LogP contribution in [0.25, 0.3) is 0 Å². The summed E-state index contributed by atoms with van der Waals surface area (Å²) in [6, 6.07) is 0. The summed E-state index contributed by atoms with van der Waals surface area (Å²) in [7, 11) is 1.61. The first-order valence-electron chi connectivity index (χ1n) is 3.79. The monoisotopic (exact) mass is 142 g/mol. The van der Waals surface area contributed by atoms with E-state index in [1.807, 2.05) is 0 Å². The van der Waals surface area contributed by atoms with Crippen molar-refractivity contribution in [2.45, 2.75) is 32.3 Å². The van der Waals surface area contributed by atoms with Gasteiger partial charge in [0.2, 0.25) is 0 Å². The lowest BCUT2D eigenvalue weighted by molar-refractivity contribution is -0.132. The van der Waals surface area contributed by atoms with Gasteiger partial charge in [0.05, 0.1) is 0 Å². The van der Waals surface area contributed by atoms with Crippen LogP contribution in [0.3, 0.4) is 0 Å². The number of rotatable bonds is 1. The summed E-state index contributed by atoms with van der Waals surface area (Å²) in [5, 5.41) is 0. The van der Waals surface area contributed by atoms with Crippen molar-refractivity contribution in [3.63, 3.8) is 0 Å². The zero-order valence-corrected chi connectivity index (χ0v) is 6.59. The zero-order chi connectivity index (χ0) is 7.56. The molecular formula is C8H14O2. The van der Waals surface area contributed by atoms with E-state index in [1.54, 1.807) is 7.11 Å². The van der Waals surface area contributed by atoms with Crippen molar-refractivity contribution in [2.24, 2.45) is 5.92 Å². The number of Topliss-reactive ketones (excluding diaryl/α,β-unsaturated/α-hetero) is 1. The summed E-state index contributed by atoms with van der Waals surface area (Å²) in [6.07, 6.45) is 2.65. The predicted octanol–water partition coefficient (Wildman–Crippen LogP) is 1.39. The smallest absolute Gasteiger partial charge is 0.161 e. The zero-order valence-electron chi connectivity index (χ0n) is 6.59. The Morgan fingerprint density at radius 1 is 1.50 bits per heavy atom. The first kappa shape index (κ1) is 7.73. The number of hydrogen-bond acceptors (Lipinski definition) is 2. The maximum absolute atomic E-state index is 11.1. The maximum Gasteiger partial charge on any atom is 0.161 e. The topological polar surface area (TPSA) is 26.3 Å². The fourth-order valence-corrected chi connectivity index (χ4v) is 1.42. The molecule has 0 amide bonds. The Hall–Kier alpha value is -0.370. The fourth-order valence-electron chi connectivity index (χ4n) is 1.42. The highest BCUT2D eigenvalue weighted by atomic mass is 16.5. The lowest BCUT2D eigenvalue weighted by Crippen LogP contribution is -2.29. The summed E-state index contributed by atoms with van der Waals surface area (Å²) in [6.45, 7) is 2.11. The van der Waals surface area contributed by atoms with Gasteiger partial charge in [0.15, 0.2) is 5.78 Å². The van der Waals surface area contributed by atoms with Crippen LogP contribution < -0.4 is 0 Å². The Balaban J connectivity index is 2.43. The Kier molecular flexibility index (Phi) is 2.44. The minimum Gasteiger partial charge on any atom is -0.374 e. The molecule has 0 spiro atoms. The van der Waals surface area contributed by atoms with Crippen molar-refractivity contribution < 1.29 is 9.53 Å². The Morgan fingerprint density at radius 3 is 2.70 bits per heavy atom. The molecule has 0 aromatic rings. The second kappa shape index (κ2) is 3.15. The van der Waals surface area contributed by atoms with Gasteiger partial charge in [-0.05, 0) is 18.8 Å². The van der Waals surface area contributed by atoms with E-state index in [-0.39, 0.29) is 11.9 Å². The second-order valence-electron chi connectivity index (χ2n) is 3.08. The minimum absolute atomic E-state index is 0.101. The van der Waals surface area contributed by atoms with Gasteiger partial charge in [-0.25, -0.2) is 0 Å². The molecule has 1 aliphatic carbocycles. The average molecular weight is 142 g/mol. The Morgan fingerprint density at radius 2 is 2.20 bits per heavy atom. The van der Waals surface area contributed by atoms with Crippen LogP contribution in [0.1, 0.15) is 26.2 Å². The standard InChI is InChI=1S/C8H14O2/c1-6-3-4-8(10-2)7(9)5-6/h6,8H,3-5H2,1-2H3. The summed E-state index contributed by atoms with van der Waals surface area (Å²) in [5.74, 6) is 0.847. The van der Waals surface area contributed by atoms with E-state index in [0.29, 0.717) is 12.3 Å². The van der Waals surface area contributed by atoms with Gasteiger partial charge in [0.25, 0.3) is 0 Å². The normalized spacial score (nSPS) is 34.4. The van der Waals surface area contributed by atoms with E-state index in [9.17, 15) is 4.79 Å². The molecule has 0 aromatic carbocycles. The third kappa shape index (κ3) is 1.57. The van der Waals surface area contributed by atoms with Crippen molar-refractivity contribution in [1.29, 1.82) is 0 Å². The summed E-state index contributed by atoms with van der Waals surface area (Å²) in [5.41, 5.74) is 0. The van der Waals surface area contributed by atoms with Crippen LogP contribution in [0.5, 0.6) is 0 Å². The van der Waals surface area contributed by atoms with Crippen LogP contribution in [0.15, 0.2) is 0 Å². The Labute approximate surface area is 61.6 Å². The molecule has 0 aliphatic heterocycles. The minimum atomic E-state index is -0.101. The van der Waals surface area contributed by atoms with Crippen LogP contribution in [0.2, 0.25) is 0 Å². The van der Waals surface area contributed by atoms with Gasteiger partial charge in [0, 0.05) is 13.5 Å². The van der Waals surface area contributed by atoms with Crippen molar-refractivity contribution >= 4 is 5.78 Å². The molecule has 10 heavy (non-hydrogen) atoms. The lowest BCUT2D eigenvalue weighted by Gasteiger charge is -2.23. The molecule has 0 radical (unpaired) electrons. The molecule has 0 saturated heterocycles. The summed E-state index contributed by atoms with van der Waals surface area (Å²) >= 11 is 0. The number of hydrogen-bond donors (Lipinski definition) is 0. The first-order valence-corrected chi connectivity index (χ1v) is 3.79. The molecule has 0 N–H and O–H groups in total. The van der Waals surface area contributed by atoms with Gasteiger partial charge in [-0.15, -0.1) is 0 Å². The molecule has 0 heterocycles. The Bertz CT molecular complexity index is 131. The maximum atomic E-state index is 11.1. The molecule has 1 saturated carbocycles. The molecule has 1 fully saturated rings. The summed E-state index contributed by atoms with van der Waals surface area (Å²) < 4.78 is 5.00. The molecule has 1 aliphatic rings. The van der Waals surface area contributed by atoms with E-state index in [4.69, 9.17) is 4.74 Å². The van der Waals surface area contributed by atoms with Gasteiger partial charge in [-0.2, -0.15) is 0 Å². The van der Waals surface area contributed by atoms with Crippen LogP contribution >= 0.6 is 0 Å². The molecule has 58 valence electrons. The van der Waals surface area contributed by atoms with Crippen LogP contribution in [0, 0.1) is 5.92 Å². The molecular weight excluding hydrogens is 128 g/mol. The molecule has 1 rings (SSSR count). The molecule has 2 atom stereocenters. The lowest BCUT2D eigenvalue weighted by atomic mass is 9.88. The highest BCUT2D eigenvalue weighted by Gasteiger charge is 2.25. The van der Waals surface area contributed by atoms with Crippen LogP contribution in [0.4, 0.5) is 0 Å². The van der Waals surface area contributed by atoms with Crippen molar-refractivity contribution in [2.75, 3.05) is 7.11 Å². The van der Waals surface area contributed by atoms with Gasteiger partial charge in [-0.1, -0.05) is 6.92 Å². The fraction of sp³-hybridized carbons (Fsp3) is 0.875. The van der Waals surface area contributed by atoms with Crippen molar-refractivity contribution in [3.8, 4) is 0 Å². The highest BCUT2D eigenvalue weighted by molar-refractivity contribution is 5.83. The van der Waals surface area contributed by atoms with Crippen LogP contribution in [-0.4, -0.2) is 19.0 Å². The quantitative estimate of drug-likeness (QED) is 0.553. The number of ether oxygens (including phenoxy) is 1. The molecule has 0 bridgehead atoms. The number of carbonyl (C=O) groups is 1. The predicted molar refractivity (Wildman–Crippen MR) is 38.8 cm³/mol. The second-order valence-corrected chi connectivity index (χ2v) is 3.08. The average Bonchev–Trinajstić information content (AvgIpc) is 1.88. The van der Waals surface area contributed by atoms with E-state index in [0.717, 1.165) is 12.8 Å². The van der Waals surface area contributed by atoms with E-state index in [2.05, 4.69) is 6.92 Å². The van der Waals surface area contributed by atoms with Gasteiger partial charge in [-0.3, -0.25) is 4.79 Å². The molecule has 2 unspecified atom stereocenters. The van der Waals surface area contributed by atoms with Gasteiger partial charge >= 0.3 is 0 Å². The van der Waals surface area contributed by atoms with Crippen molar-refractivity contribution in [1.82, 2.24) is 0 Å². The SMILES string of the molecule is COC1CCC(C)CC1=O. The molecule has 2 heteroatoms. The number of ketones is 1. The number of carbonyl (C=O) groups excluding carboxylic acids is 1.